The van der Waals surface area contributed by atoms with Crippen molar-refractivity contribution in [3.8, 4) is 0 Å². The van der Waals surface area contributed by atoms with Gasteiger partial charge in [0.2, 0.25) is 0 Å². The van der Waals surface area contributed by atoms with E-state index in [4.69, 9.17) is 0 Å². The molecule has 3 aliphatic rings. The smallest absolute Gasteiger partial charge is 0.274 e. The van der Waals surface area contributed by atoms with Gasteiger partial charge in [0.15, 0.2) is 0 Å². The van der Waals surface area contributed by atoms with Gasteiger partial charge < -0.3 is 20.1 Å². The number of para-hydroxylation sites is 1. The maximum Gasteiger partial charge on any atom is 0.274 e. The number of piperidine rings is 1. The Morgan fingerprint density at radius 1 is 1.16 bits per heavy atom. The highest BCUT2D eigenvalue weighted by atomic mass is 19.1. The number of aromatic nitrogens is 1. The normalized spacial score (nSPS) is 25.7. The monoisotopic (exact) mass is 432 g/mol. The average molecular weight is 433 g/mol. The fourth-order valence-electron chi connectivity index (χ4n) is 6.08. The lowest BCUT2D eigenvalue weighted by atomic mass is 9.81. The third kappa shape index (κ3) is 3.33. The summed E-state index contributed by atoms with van der Waals surface area (Å²) in [4.78, 5) is 21.3. The molecule has 1 spiro atoms. The summed E-state index contributed by atoms with van der Waals surface area (Å²) in [5.41, 5.74) is 3.60. The van der Waals surface area contributed by atoms with Gasteiger partial charge in [-0.3, -0.25) is 4.79 Å². The van der Waals surface area contributed by atoms with Crippen molar-refractivity contribution >= 4 is 22.5 Å². The number of rotatable bonds is 3. The molecule has 2 saturated heterocycles. The Morgan fingerprint density at radius 2 is 2.06 bits per heavy atom. The lowest BCUT2D eigenvalue weighted by Crippen LogP contribution is -2.41. The molecule has 3 aliphatic heterocycles. The Balaban J connectivity index is 1.27. The molecule has 1 amide bonds. The zero-order valence-electron chi connectivity index (χ0n) is 18.2. The molecule has 0 radical (unpaired) electrons. The molecule has 6 heteroatoms. The zero-order valence-corrected chi connectivity index (χ0v) is 18.2. The molecule has 32 heavy (non-hydrogen) atoms. The van der Waals surface area contributed by atoms with Crippen LogP contribution in [0.4, 0.5) is 10.1 Å². The van der Waals surface area contributed by atoms with Crippen molar-refractivity contribution < 1.29 is 9.18 Å². The number of halogens is 1. The second-order valence-electron chi connectivity index (χ2n) is 9.80. The number of H-pyrrole nitrogens is 1. The predicted octanol–water partition coefficient (Wildman–Crippen LogP) is 3.91. The standard InChI is InChI=1S/C26H29FN4O/c27-20-7-8-22-19(12-20)13-23(29-22)25(32)31-17-26(21-5-1-2-6-24(21)31)9-11-30(16-26)15-18-4-3-10-28-14-18/h1-2,5-8,12-13,18,28-29H,3-4,9-11,14-17H2/t18?,26-/m0/s1. The van der Waals surface area contributed by atoms with E-state index in [-0.39, 0.29) is 17.1 Å². The van der Waals surface area contributed by atoms with Crippen LogP contribution < -0.4 is 10.2 Å². The van der Waals surface area contributed by atoms with Crippen LogP contribution >= 0.6 is 0 Å². The molecular weight excluding hydrogens is 403 g/mol. The fraction of sp³-hybridized carbons (Fsp3) is 0.423. The van der Waals surface area contributed by atoms with E-state index in [2.05, 4.69) is 33.4 Å². The van der Waals surface area contributed by atoms with Gasteiger partial charge in [-0.25, -0.2) is 4.39 Å². The lowest BCUT2D eigenvalue weighted by molar-refractivity contribution is 0.0980. The highest BCUT2D eigenvalue weighted by molar-refractivity contribution is 6.09. The van der Waals surface area contributed by atoms with Gasteiger partial charge in [-0.2, -0.15) is 0 Å². The van der Waals surface area contributed by atoms with E-state index >= 15 is 0 Å². The molecule has 5 nitrogen and oxygen atoms in total. The summed E-state index contributed by atoms with van der Waals surface area (Å²) < 4.78 is 13.6. The molecule has 2 N–H and O–H groups in total. The third-order valence-electron chi connectivity index (χ3n) is 7.63. The summed E-state index contributed by atoms with van der Waals surface area (Å²) in [5.74, 6) is 0.390. The molecule has 1 aromatic heterocycles. The van der Waals surface area contributed by atoms with E-state index in [1.54, 1.807) is 12.1 Å². The van der Waals surface area contributed by atoms with Gasteiger partial charge in [0.1, 0.15) is 11.5 Å². The van der Waals surface area contributed by atoms with Crippen LogP contribution in [-0.4, -0.2) is 55.1 Å². The minimum absolute atomic E-state index is 0.00747. The molecule has 0 aliphatic carbocycles. The van der Waals surface area contributed by atoms with E-state index in [0.29, 0.717) is 12.2 Å². The van der Waals surface area contributed by atoms with Gasteiger partial charge in [0.05, 0.1) is 0 Å². The van der Waals surface area contributed by atoms with Crippen molar-refractivity contribution in [1.29, 1.82) is 0 Å². The summed E-state index contributed by atoms with van der Waals surface area (Å²) in [7, 11) is 0. The summed E-state index contributed by atoms with van der Waals surface area (Å²) in [6.45, 7) is 6.18. The van der Waals surface area contributed by atoms with Crippen molar-refractivity contribution in [1.82, 2.24) is 15.2 Å². The van der Waals surface area contributed by atoms with Crippen LogP contribution in [0, 0.1) is 11.7 Å². The van der Waals surface area contributed by atoms with Crippen LogP contribution in [0.15, 0.2) is 48.5 Å². The minimum Gasteiger partial charge on any atom is -0.351 e. The van der Waals surface area contributed by atoms with E-state index in [0.717, 1.165) is 61.7 Å². The van der Waals surface area contributed by atoms with Crippen LogP contribution in [0.2, 0.25) is 0 Å². The number of hydrogen-bond donors (Lipinski definition) is 2. The molecule has 2 atom stereocenters. The van der Waals surface area contributed by atoms with E-state index in [1.165, 1.54) is 30.5 Å². The number of benzene rings is 2. The first kappa shape index (κ1) is 19.9. The van der Waals surface area contributed by atoms with Crippen LogP contribution in [0.3, 0.4) is 0 Å². The van der Waals surface area contributed by atoms with Gasteiger partial charge in [-0.1, -0.05) is 18.2 Å². The van der Waals surface area contributed by atoms with Crippen molar-refractivity contribution in [3.05, 3.63) is 65.6 Å². The molecule has 2 aromatic carbocycles. The largest absolute Gasteiger partial charge is 0.351 e. The Hall–Kier alpha value is -2.70. The zero-order chi connectivity index (χ0) is 21.7. The number of amides is 1. The maximum absolute atomic E-state index is 13.6. The lowest BCUT2D eigenvalue weighted by Gasteiger charge is -2.29. The Morgan fingerprint density at radius 3 is 2.94 bits per heavy atom. The minimum atomic E-state index is -0.291. The number of nitrogens with zero attached hydrogens (tertiary/aromatic N) is 2. The number of anilines is 1. The third-order valence-corrected chi connectivity index (χ3v) is 7.63. The van der Waals surface area contributed by atoms with Crippen molar-refractivity contribution in [2.45, 2.75) is 24.7 Å². The number of fused-ring (bicyclic) bond motifs is 3. The number of nitrogens with one attached hydrogen (secondary N) is 2. The molecule has 166 valence electrons. The number of aromatic amines is 1. The predicted molar refractivity (Wildman–Crippen MR) is 125 cm³/mol. The van der Waals surface area contributed by atoms with Crippen LogP contribution in [0.25, 0.3) is 10.9 Å². The first-order valence-corrected chi connectivity index (χ1v) is 11.7. The van der Waals surface area contributed by atoms with E-state index < -0.39 is 0 Å². The van der Waals surface area contributed by atoms with Gasteiger partial charge in [-0.15, -0.1) is 0 Å². The van der Waals surface area contributed by atoms with E-state index in [9.17, 15) is 9.18 Å². The first-order valence-electron chi connectivity index (χ1n) is 11.7. The van der Waals surface area contributed by atoms with Crippen LogP contribution in [0.1, 0.15) is 35.3 Å². The first-order chi connectivity index (χ1) is 15.6. The van der Waals surface area contributed by atoms with Gasteiger partial charge in [0, 0.05) is 41.6 Å². The maximum atomic E-state index is 13.6. The summed E-state index contributed by atoms with van der Waals surface area (Å²) in [5, 5.41) is 4.26. The van der Waals surface area contributed by atoms with Crippen molar-refractivity contribution in [2.24, 2.45) is 5.92 Å². The summed E-state index contributed by atoms with van der Waals surface area (Å²) >= 11 is 0. The highest BCUT2D eigenvalue weighted by Crippen LogP contribution is 2.47. The van der Waals surface area contributed by atoms with Gasteiger partial charge >= 0.3 is 0 Å². The number of carbonyl (C=O) groups excluding carboxylic acids is 1. The SMILES string of the molecule is O=C(c1cc2cc(F)ccc2[nH]1)N1C[C@@]2(CCN(CC3CCCNC3)C2)c2ccccc21. The van der Waals surface area contributed by atoms with Crippen LogP contribution in [0.5, 0.6) is 0 Å². The number of carbonyl (C=O) groups is 1. The fourth-order valence-corrected chi connectivity index (χ4v) is 6.08. The molecule has 3 aromatic rings. The Labute approximate surface area is 187 Å². The summed E-state index contributed by atoms with van der Waals surface area (Å²) in [6.07, 6.45) is 3.65. The molecular formula is C26H29FN4O. The molecule has 1 unspecified atom stereocenters. The average Bonchev–Trinajstić information content (AvgIpc) is 3.50. The summed E-state index contributed by atoms with van der Waals surface area (Å²) in [6, 6.07) is 14.7. The quantitative estimate of drug-likeness (QED) is 0.660. The second-order valence-corrected chi connectivity index (χ2v) is 9.80. The van der Waals surface area contributed by atoms with E-state index in [1.807, 2.05) is 11.0 Å². The second kappa shape index (κ2) is 7.71. The van der Waals surface area contributed by atoms with Crippen molar-refractivity contribution in [2.75, 3.05) is 44.2 Å². The number of hydrogen-bond acceptors (Lipinski definition) is 3. The number of likely N-dealkylation sites (tertiary alicyclic amines) is 1. The van der Waals surface area contributed by atoms with Crippen LogP contribution in [-0.2, 0) is 5.41 Å². The van der Waals surface area contributed by atoms with Gasteiger partial charge in [-0.05, 0) is 80.7 Å². The molecule has 2 fully saturated rings. The Kier molecular flexibility index (Phi) is 4.81. The van der Waals surface area contributed by atoms with Crippen molar-refractivity contribution in [3.63, 3.8) is 0 Å². The molecule has 0 bridgehead atoms. The molecule has 6 rings (SSSR count). The molecule has 4 heterocycles. The van der Waals surface area contributed by atoms with Gasteiger partial charge in [0.25, 0.3) is 5.91 Å². The Bertz CT molecular complexity index is 1170. The topological polar surface area (TPSA) is 51.4 Å². The highest BCUT2D eigenvalue weighted by Gasteiger charge is 2.49. The molecule has 0 saturated carbocycles.